The summed E-state index contributed by atoms with van der Waals surface area (Å²) in [5, 5.41) is 2.11. The van der Waals surface area contributed by atoms with E-state index in [4.69, 9.17) is 9.47 Å². The van der Waals surface area contributed by atoms with Gasteiger partial charge in [0.25, 0.3) is 11.8 Å². The van der Waals surface area contributed by atoms with Crippen LogP contribution in [0, 0.1) is 0 Å². The lowest BCUT2D eigenvalue weighted by Crippen LogP contribution is -2.52. The maximum absolute atomic E-state index is 12.1. The zero-order chi connectivity index (χ0) is 17.0. The number of urea groups is 1. The Bertz CT molecular complexity index is 681. The first-order valence-electron chi connectivity index (χ1n) is 7.22. The van der Waals surface area contributed by atoms with Gasteiger partial charge in [0, 0.05) is 18.7 Å². The molecule has 122 valence electrons. The highest BCUT2D eigenvalue weighted by Gasteiger charge is 2.33. The number of rotatable bonds is 5. The number of imide groups is 2. The van der Waals surface area contributed by atoms with Gasteiger partial charge in [0.1, 0.15) is 17.1 Å². The molecule has 1 saturated heterocycles. The van der Waals surface area contributed by atoms with Crippen molar-refractivity contribution in [2.75, 3.05) is 20.3 Å². The van der Waals surface area contributed by atoms with Crippen molar-refractivity contribution in [3.05, 3.63) is 29.3 Å². The van der Waals surface area contributed by atoms with Crippen molar-refractivity contribution in [1.82, 2.24) is 10.2 Å². The van der Waals surface area contributed by atoms with Gasteiger partial charge < -0.3 is 9.47 Å². The Morgan fingerprint density at radius 1 is 1.13 bits per heavy atom. The minimum absolute atomic E-state index is 0.128. The lowest BCUT2D eigenvalue weighted by molar-refractivity contribution is -0.129. The fraction of sp³-hybridized carbons (Fsp3) is 0.312. The zero-order valence-electron chi connectivity index (χ0n) is 13.2. The number of carbonyl (C=O) groups is 3. The minimum Gasteiger partial charge on any atom is -0.494 e. The summed E-state index contributed by atoms with van der Waals surface area (Å²) in [5.41, 5.74) is 0.425. The van der Waals surface area contributed by atoms with Crippen LogP contribution < -0.4 is 14.8 Å². The number of hydrogen-bond acceptors (Lipinski definition) is 5. The topological polar surface area (TPSA) is 84.9 Å². The molecule has 0 radical (unpaired) electrons. The standard InChI is InChI=1S/C16H18N2O5/c1-4-22-11-7-6-10(13(9-11)23-5-2)8-12-14(19)17-16(21)18(3)15(12)20/h6-9H,4-5H2,1-3H3,(H,17,19,21)/b12-8-. The predicted molar refractivity (Wildman–Crippen MR) is 83.1 cm³/mol. The van der Waals surface area contributed by atoms with Crippen molar-refractivity contribution in [1.29, 1.82) is 0 Å². The van der Waals surface area contributed by atoms with E-state index in [0.29, 0.717) is 30.3 Å². The van der Waals surface area contributed by atoms with Crippen molar-refractivity contribution in [2.24, 2.45) is 0 Å². The molecule has 1 aliphatic heterocycles. The van der Waals surface area contributed by atoms with Crippen LogP contribution in [0.4, 0.5) is 4.79 Å². The normalized spacial score (nSPS) is 16.6. The van der Waals surface area contributed by atoms with E-state index in [9.17, 15) is 14.4 Å². The molecule has 4 amide bonds. The van der Waals surface area contributed by atoms with Gasteiger partial charge >= 0.3 is 6.03 Å². The molecule has 7 nitrogen and oxygen atoms in total. The lowest BCUT2D eigenvalue weighted by atomic mass is 10.1. The number of likely N-dealkylation sites (N-methyl/N-ethyl adjacent to an activating group) is 1. The van der Waals surface area contributed by atoms with E-state index in [2.05, 4.69) is 5.32 Å². The van der Waals surface area contributed by atoms with Crippen molar-refractivity contribution in [2.45, 2.75) is 13.8 Å². The number of nitrogens with zero attached hydrogens (tertiary/aromatic N) is 1. The molecule has 0 aromatic heterocycles. The van der Waals surface area contributed by atoms with Crippen molar-refractivity contribution >= 4 is 23.9 Å². The fourth-order valence-electron chi connectivity index (χ4n) is 2.07. The SMILES string of the molecule is CCOc1ccc(/C=C2/C(=O)NC(=O)N(C)C2=O)c(OCC)c1. The number of benzene rings is 1. The molecule has 0 atom stereocenters. The third-order valence-electron chi connectivity index (χ3n) is 3.20. The summed E-state index contributed by atoms with van der Waals surface area (Å²) < 4.78 is 10.9. The van der Waals surface area contributed by atoms with Crippen LogP contribution in [0.3, 0.4) is 0 Å². The van der Waals surface area contributed by atoms with Crippen LogP contribution in [0.5, 0.6) is 11.5 Å². The molecule has 1 aliphatic rings. The predicted octanol–water partition coefficient (Wildman–Crippen LogP) is 1.58. The summed E-state index contributed by atoms with van der Waals surface area (Å²) in [6.45, 7) is 4.63. The zero-order valence-corrected chi connectivity index (χ0v) is 13.2. The second-order valence-electron chi connectivity index (χ2n) is 4.75. The fourth-order valence-corrected chi connectivity index (χ4v) is 2.07. The number of hydrogen-bond donors (Lipinski definition) is 1. The van der Waals surface area contributed by atoms with Gasteiger partial charge in [-0.05, 0) is 32.1 Å². The van der Waals surface area contributed by atoms with Crippen molar-refractivity contribution in [3.63, 3.8) is 0 Å². The summed E-state index contributed by atoms with van der Waals surface area (Å²) in [4.78, 5) is 36.2. The van der Waals surface area contributed by atoms with Gasteiger partial charge in [0.15, 0.2) is 0 Å². The monoisotopic (exact) mass is 318 g/mol. The Morgan fingerprint density at radius 2 is 1.83 bits per heavy atom. The van der Waals surface area contributed by atoms with Gasteiger partial charge in [0.2, 0.25) is 0 Å². The number of ether oxygens (including phenoxy) is 2. The van der Waals surface area contributed by atoms with E-state index < -0.39 is 17.8 Å². The Morgan fingerprint density at radius 3 is 2.48 bits per heavy atom. The summed E-state index contributed by atoms with van der Waals surface area (Å²) in [6.07, 6.45) is 1.40. The smallest absolute Gasteiger partial charge is 0.331 e. The van der Waals surface area contributed by atoms with Gasteiger partial charge in [-0.2, -0.15) is 0 Å². The third-order valence-corrected chi connectivity index (χ3v) is 3.20. The second kappa shape index (κ2) is 6.95. The van der Waals surface area contributed by atoms with E-state index in [1.807, 2.05) is 13.8 Å². The van der Waals surface area contributed by atoms with Crippen molar-refractivity contribution in [3.8, 4) is 11.5 Å². The highest BCUT2D eigenvalue weighted by atomic mass is 16.5. The molecule has 1 heterocycles. The molecule has 1 aromatic carbocycles. The molecule has 2 rings (SSSR count). The molecule has 1 N–H and O–H groups in total. The Labute approximate surface area is 133 Å². The van der Waals surface area contributed by atoms with E-state index in [1.165, 1.54) is 13.1 Å². The van der Waals surface area contributed by atoms with Gasteiger partial charge in [0.05, 0.1) is 13.2 Å². The maximum atomic E-state index is 12.1. The van der Waals surface area contributed by atoms with Crippen LogP contribution >= 0.6 is 0 Å². The molecule has 0 spiro atoms. The van der Waals surface area contributed by atoms with Gasteiger partial charge in [-0.25, -0.2) is 4.79 Å². The first-order chi connectivity index (χ1) is 11.0. The average molecular weight is 318 g/mol. The maximum Gasteiger partial charge on any atom is 0.331 e. The largest absolute Gasteiger partial charge is 0.494 e. The molecule has 1 aromatic rings. The quantitative estimate of drug-likeness (QED) is 0.658. The van der Waals surface area contributed by atoms with Crippen LogP contribution in [0.15, 0.2) is 23.8 Å². The van der Waals surface area contributed by atoms with Crippen LogP contribution in [0.25, 0.3) is 6.08 Å². The number of nitrogens with one attached hydrogen (secondary N) is 1. The molecule has 0 saturated carbocycles. The molecule has 0 bridgehead atoms. The third kappa shape index (κ3) is 3.50. The number of amides is 4. The Balaban J connectivity index is 2.42. The molecule has 0 aliphatic carbocycles. The first-order valence-corrected chi connectivity index (χ1v) is 7.22. The number of carbonyl (C=O) groups excluding carboxylic acids is 3. The summed E-state index contributed by atoms with van der Waals surface area (Å²) in [6, 6.07) is 4.37. The van der Waals surface area contributed by atoms with Crippen LogP contribution in [-0.4, -0.2) is 43.0 Å². The van der Waals surface area contributed by atoms with E-state index in [1.54, 1.807) is 18.2 Å². The Hall–Kier alpha value is -2.83. The van der Waals surface area contributed by atoms with Crippen LogP contribution in [-0.2, 0) is 9.59 Å². The number of barbiturate groups is 1. The Kier molecular flexibility index (Phi) is 5.00. The van der Waals surface area contributed by atoms with E-state index in [0.717, 1.165) is 4.90 Å². The lowest BCUT2D eigenvalue weighted by Gasteiger charge is -2.22. The van der Waals surface area contributed by atoms with E-state index >= 15 is 0 Å². The van der Waals surface area contributed by atoms with Gasteiger partial charge in [-0.3, -0.25) is 19.8 Å². The molecular formula is C16H18N2O5. The van der Waals surface area contributed by atoms with Gasteiger partial charge in [-0.1, -0.05) is 0 Å². The highest BCUT2D eigenvalue weighted by molar-refractivity contribution is 6.30. The highest BCUT2D eigenvalue weighted by Crippen LogP contribution is 2.28. The van der Waals surface area contributed by atoms with Crippen LogP contribution in [0.2, 0.25) is 0 Å². The van der Waals surface area contributed by atoms with Crippen molar-refractivity contribution < 1.29 is 23.9 Å². The van der Waals surface area contributed by atoms with Gasteiger partial charge in [-0.15, -0.1) is 0 Å². The first kappa shape index (κ1) is 16.5. The molecule has 7 heteroatoms. The molecular weight excluding hydrogens is 300 g/mol. The van der Waals surface area contributed by atoms with Crippen LogP contribution in [0.1, 0.15) is 19.4 Å². The minimum atomic E-state index is -0.742. The molecule has 0 unspecified atom stereocenters. The summed E-state index contributed by atoms with van der Waals surface area (Å²) >= 11 is 0. The summed E-state index contributed by atoms with van der Waals surface area (Å²) in [7, 11) is 1.31. The summed E-state index contributed by atoms with van der Waals surface area (Å²) in [5.74, 6) is -0.263. The molecule has 1 fully saturated rings. The van der Waals surface area contributed by atoms with E-state index in [-0.39, 0.29) is 5.57 Å². The average Bonchev–Trinajstić information content (AvgIpc) is 2.52. The second-order valence-corrected chi connectivity index (χ2v) is 4.75. The molecule has 23 heavy (non-hydrogen) atoms.